The van der Waals surface area contributed by atoms with Crippen LogP contribution >= 0.6 is 0 Å². The third-order valence-corrected chi connectivity index (χ3v) is 3.06. The number of aromatic nitrogens is 1. The van der Waals surface area contributed by atoms with Crippen LogP contribution in [0.15, 0.2) is 48.2 Å². The average Bonchev–Trinajstić information content (AvgIpc) is 2.43. The largest absolute Gasteiger partial charge is 0.478 e. The molecule has 20 heavy (non-hydrogen) atoms. The Labute approximate surface area is 116 Å². The minimum Gasteiger partial charge on any atom is -0.478 e. The summed E-state index contributed by atoms with van der Waals surface area (Å²) < 4.78 is 0. The predicted octanol–water partition coefficient (Wildman–Crippen LogP) is 3.08. The standard InChI is InChI=1S/C16H15NO3/c1-10(2)13(16(19)20)9-14(18)15-12-6-4-3-5-11(12)7-8-17-15/h3-10H,1-2H3,(H,19,20). The molecule has 2 rings (SSSR count). The maximum absolute atomic E-state index is 12.3. The Morgan fingerprint density at radius 3 is 2.55 bits per heavy atom. The molecule has 0 unspecified atom stereocenters. The Kier molecular flexibility index (Phi) is 3.94. The number of fused-ring (bicyclic) bond motifs is 1. The van der Waals surface area contributed by atoms with Gasteiger partial charge in [-0.15, -0.1) is 0 Å². The van der Waals surface area contributed by atoms with Crippen LogP contribution in [0.1, 0.15) is 24.3 Å². The molecule has 0 aliphatic rings. The number of aliphatic carboxylic acids is 1. The van der Waals surface area contributed by atoms with Crippen molar-refractivity contribution in [3.05, 3.63) is 53.9 Å². The van der Waals surface area contributed by atoms with Gasteiger partial charge in [0.15, 0.2) is 0 Å². The fourth-order valence-electron chi connectivity index (χ4n) is 2.00. The molecular formula is C16H15NO3. The van der Waals surface area contributed by atoms with E-state index in [0.717, 1.165) is 10.8 Å². The highest BCUT2D eigenvalue weighted by molar-refractivity contribution is 6.14. The zero-order chi connectivity index (χ0) is 14.7. The van der Waals surface area contributed by atoms with Crippen molar-refractivity contribution in [2.24, 2.45) is 5.92 Å². The van der Waals surface area contributed by atoms with E-state index in [2.05, 4.69) is 4.98 Å². The van der Waals surface area contributed by atoms with Crippen LogP contribution in [0.4, 0.5) is 0 Å². The molecule has 1 aromatic heterocycles. The van der Waals surface area contributed by atoms with E-state index in [4.69, 9.17) is 5.11 Å². The number of rotatable bonds is 4. The van der Waals surface area contributed by atoms with E-state index in [1.807, 2.05) is 24.3 Å². The van der Waals surface area contributed by atoms with Crippen LogP contribution in [-0.4, -0.2) is 21.8 Å². The Morgan fingerprint density at radius 1 is 1.20 bits per heavy atom. The lowest BCUT2D eigenvalue weighted by molar-refractivity contribution is -0.133. The molecule has 0 amide bonds. The average molecular weight is 269 g/mol. The van der Waals surface area contributed by atoms with Gasteiger partial charge in [-0.2, -0.15) is 0 Å². The smallest absolute Gasteiger partial charge is 0.331 e. The molecule has 4 nitrogen and oxygen atoms in total. The maximum Gasteiger partial charge on any atom is 0.331 e. The summed E-state index contributed by atoms with van der Waals surface area (Å²) in [5, 5.41) is 10.7. The fraction of sp³-hybridized carbons (Fsp3) is 0.188. The van der Waals surface area contributed by atoms with Crippen molar-refractivity contribution < 1.29 is 14.7 Å². The number of ketones is 1. The van der Waals surface area contributed by atoms with Crippen molar-refractivity contribution in [1.82, 2.24) is 4.98 Å². The van der Waals surface area contributed by atoms with E-state index in [1.54, 1.807) is 26.1 Å². The molecule has 0 spiro atoms. The first-order chi connectivity index (χ1) is 9.50. The van der Waals surface area contributed by atoms with Crippen LogP contribution < -0.4 is 0 Å². The van der Waals surface area contributed by atoms with Crippen molar-refractivity contribution in [3.63, 3.8) is 0 Å². The van der Waals surface area contributed by atoms with Gasteiger partial charge in [0, 0.05) is 17.2 Å². The predicted molar refractivity (Wildman–Crippen MR) is 76.6 cm³/mol. The lowest BCUT2D eigenvalue weighted by atomic mass is 10.00. The van der Waals surface area contributed by atoms with E-state index < -0.39 is 5.97 Å². The molecular weight excluding hydrogens is 254 g/mol. The second-order valence-electron chi connectivity index (χ2n) is 4.80. The molecule has 1 N–H and O–H groups in total. The van der Waals surface area contributed by atoms with Crippen molar-refractivity contribution in [3.8, 4) is 0 Å². The summed E-state index contributed by atoms with van der Waals surface area (Å²) in [6.07, 6.45) is 2.72. The zero-order valence-electron chi connectivity index (χ0n) is 11.3. The van der Waals surface area contributed by atoms with Gasteiger partial charge >= 0.3 is 5.97 Å². The Balaban J connectivity index is 2.52. The van der Waals surface area contributed by atoms with E-state index in [9.17, 15) is 9.59 Å². The van der Waals surface area contributed by atoms with Crippen LogP contribution in [0.5, 0.6) is 0 Å². The number of benzene rings is 1. The first kappa shape index (κ1) is 13.9. The second kappa shape index (κ2) is 5.65. The first-order valence-corrected chi connectivity index (χ1v) is 6.33. The van der Waals surface area contributed by atoms with Crippen molar-refractivity contribution in [1.29, 1.82) is 0 Å². The van der Waals surface area contributed by atoms with E-state index in [-0.39, 0.29) is 23.0 Å². The van der Waals surface area contributed by atoms with Gasteiger partial charge in [0.05, 0.1) is 0 Å². The number of carbonyl (C=O) groups excluding carboxylic acids is 1. The van der Waals surface area contributed by atoms with Crippen LogP contribution in [0.2, 0.25) is 0 Å². The Morgan fingerprint density at radius 2 is 1.90 bits per heavy atom. The molecule has 1 aromatic carbocycles. The lowest BCUT2D eigenvalue weighted by Gasteiger charge is -2.06. The lowest BCUT2D eigenvalue weighted by Crippen LogP contribution is -2.10. The number of allylic oxidation sites excluding steroid dienone is 1. The summed E-state index contributed by atoms with van der Waals surface area (Å²) in [5.41, 5.74) is 0.368. The second-order valence-corrected chi connectivity index (χ2v) is 4.80. The summed E-state index contributed by atoms with van der Waals surface area (Å²) in [7, 11) is 0. The highest BCUT2D eigenvalue weighted by Crippen LogP contribution is 2.18. The third-order valence-electron chi connectivity index (χ3n) is 3.06. The number of pyridine rings is 1. The van der Waals surface area contributed by atoms with Crippen molar-refractivity contribution >= 4 is 22.5 Å². The van der Waals surface area contributed by atoms with Gasteiger partial charge < -0.3 is 5.11 Å². The molecule has 1 heterocycles. The van der Waals surface area contributed by atoms with Gasteiger partial charge in [-0.05, 0) is 23.4 Å². The van der Waals surface area contributed by atoms with Gasteiger partial charge in [-0.1, -0.05) is 38.1 Å². The molecule has 0 fully saturated rings. The number of carboxylic acids is 1. The van der Waals surface area contributed by atoms with E-state index in [0.29, 0.717) is 0 Å². The number of carboxylic acid groups (broad SMARTS) is 1. The topological polar surface area (TPSA) is 67.3 Å². The number of carbonyl (C=O) groups is 2. The molecule has 102 valence electrons. The minimum atomic E-state index is -1.08. The monoisotopic (exact) mass is 269 g/mol. The molecule has 0 radical (unpaired) electrons. The highest BCUT2D eigenvalue weighted by atomic mass is 16.4. The van der Waals surface area contributed by atoms with Crippen LogP contribution in [-0.2, 0) is 4.79 Å². The summed E-state index contributed by atoms with van der Waals surface area (Å²) in [5.74, 6) is -1.69. The molecule has 0 aliphatic carbocycles. The summed E-state index contributed by atoms with van der Waals surface area (Å²) in [6.45, 7) is 3.48. The molecule has 0 saturated carbocycles. The molecule has 2 aromatic rings. The number of hydrogen-bond acceptors (Lipinski definition) is 3. The van der Waals surface area contributed by atoms with Gasteiger partial charge in [0.25, 0.3) is 0 Å². The SMILES string of the molecule is CC(C)C(=CC(=O)c1nccc2ccccc12)C(=O)O. The molecule has 0 atom stereocenters. The third kappa shape index (κ3) is 2.74. The maximum atomic E-state index is 12.3. The zero-order valence-corrected chi connectivity index (χ0v) is 11.3. The molecule has 0 bridgehead atoms. The fourth-order valence-corrected chi connectivity index (χ4v) is 2.00. The molecule has 0 saturated heterocycles. The van der Waals surface area contributed by atoms with Crippen molar-refractivity contribution in [2.45, 2.75) is 13.8 Å². The van der Waals surface area contributed by atoms with E-state index >= 15 is 0 Å². The number of hydrogen-bond donors (Lipinski definition) is 1. The Hall–Kier alpha value is -2.49. The Bertz CT molecular complexity index is 696. The number of nitrogens with zero attached hydrogens (tertiary/aromatic N) is 1. The van der Waals surface area contributed by atoms with Crippen LogP contribution in [0.3, 0.4) is 0 Å². The van der Waals surface area contributed by atoms with Gasteiger partial charge in [0.1, 0.15) is 5.69 Å². The minimum absolute atomic E-state index is 0.0877. The van der Waals surface area contributed by atoms with E-state index in [1.165, 1.54) is 6.08 Å². The first-order valence-electron chi connectivity index (χ1n) is 6.33. The van der Waals surface area contributed by atoms with Gasteiger partial charge in [0.2, 0.25) is 5.78 Å². The summed E-state index contributed by atoms with van der Waals surface area (Å²) in [4.78, 5) is 27.5. The van der Waals surface area contributed by atoms with Gasteiger partial charge in [-0.3, -0.25) is 9.78 Å². The quantitative estimate of drug-likeness (QED) is 0.684. The highest BCUT2D eigenvalue weighted by Gasteiger charge is 2.16. The summed E-state index contributed by atoms with van der Waals surface area (Å²) >= 11 is 0. The van der Waals surface area contributed by atoms with Crippen LogP contribution in [0, 0.1) is 5.92 Å². The van der Waals surface area contributed by atoms with Crippen molar-refractivity contribution in [2.75, 3.05) is 0 Å². The van der Waals surface area contributed by atoms with Gasteiger partial charge in [-0.25, -0.2) is 4.79 Å². The van der Waals surface area contributed by atoms with Crippen LogP contribution in [0.25, 0.3) is 10.8 Å². The molecule has 0 aliphatic heterocycles. The molecule has 4 heteroatoms. The summed E-state index contributed by atoms with van der Waals surface area (Å²) in [6, 6.07) is 9.21. The normalized spacial score (nSPS) is 11.8.